The monoisotopic (exact) mass is 424 g/mol. The molecule has 1 saturated heterocycles. The number of primary amides is 1. The maximum absolute atomic E-state index is 13.3. The maximum atomic E-state index is 13.3. The van der Waals surface area contributed by atoms with Crippen LogP contribution in [0.4, 0.5) is 0 Å². The van der Waals surface area contributed by atoms with E-state index >= 15 is 0 Å². The fourth-order valence-electron chi connectivity index (χ4n) is 5.44. The van der Waals surface area contributed by atoms with Crippen molar-refractivity contribution >= 4 is 28.6 Å². The van der Waals surface area contributed by atoms with E-state index in [2.05, 4.69) is 22.3 Å². The van der Waals surface area contributed by atoms with Crippen LogP contribution in [0.1, 0.15) is 55.9 Å². The lowest BCUT2D eigenvalue weighted by molar-refractivity contribution is -0.140. The quantitative estimate of drug-likeness (QED) is 0.747. The highest BCUT2D eigenvalue weighted by molar-refractivity contribution is 6.04. The van der Waals surface area contributed by atoms with Crippen molar-refractivity contribution in [3.8, 4) is 0 Å². The Bertz CT molecular complexity index is 1050. The van der Waals surface area contributed by atoms with Gasteiger partial charge in [0.1, 0.15) is 12.6 Å². The molecule has 1 aliphatic heterocycles. The summed E-state index contributed by atoms with van der Waals surface area (Å²) in [5.41, 5.74) is 6.15. The summed E-state index contributed by atoms with van der Waals surface area (Å²) in [6.45, 7) is 2.17. The van der Waals surface area contributed by atoms with Crippen molar-refractivity contribution in [2.75, 3.05) is 0 Å². The summed E-state index contributed by atoms with van der Waals surface area (Å²) in [5, 5.41) is 8.04. The molecule has 0 radical (unpaired) electrons. The normalized spacial score (nSPS) is 29.6. The zero-order valence-corrected chi connectivity index (χ0v) is 17.7. The first-order chi connectivity index (χ1) is 14.9. The molecule has 31 heavy (non-hydrogen) atoms. The molecule has 2 saturated carbocycles. The van der Waals surface area contributed by atoms with E-state index < -0.39 is 11.9 Å². The van der Waals surface area contributed by atoms with Crippen molar-refractivity contribution in [2.45, 2.75) is 70.1 Å². The van der Waals surface area contributed by atoms with Crippen LogP contribution in [0.5, 0.6) is 0 Å². The van der Waals surface area contributed by atoms with Crippen LogP contribution in [0, 0.1) is 11.8 Å². The summed E-state index contributed by atoms with van der Waals surface area (Å²) in [7, 11) is 0. The number of hydrogen-bond donors (Lipinski definition) is 2. The summed E-state index contributed by atoms with van der Waals surface area (Å²) >= 11 is 0. The van der Waals surface area contributed by atoms with E-state index in [0.717, 1.165) is 32.1 Å². The number of nitrogens with one attached hydrogen (secondary N) is 1. The smallest absolute Gasteiger partial charge is 0.269 e. The molecule has 164 valence electrons. The van der Waals surface area contributed by atoms with Crippen LogP contribution in [0.3, 0.4) is 0 Å². The van der Waals surface area contributed by atoms with Crippen LogP contribution in [0.15, 0.2) is 18.5 Å². The molecule has 0 aromatic carbocycles. The molecule has 0 bridgehead atoms. The lowest BCUT2D eigenvalue weighted by Gasteiger charge is -2.31. The molecular weight excluding hydrogens is 396 g/mol. The first-order valence-electron chi connectivity index (χ1n) is 11.1. The number of piperidine rings is 1. The average Bonchev–Trinajstić information content (AvgIpc) is 3.24. The Kier molecular flexibility index (Phi) is 4.91. The van der Waals surface area contributed by atoms with Crippen molar-refractivity contribution in [1.29, 1.82) is 0 Å². The molecule has 3 aliphatic rings. The lowest BCUT2D eigenvalue weighted by Crippen LogP contribution is -2.51. The number of carbonyl (C=O) groups is 3. The van der Waals surface area contributed by atoms with Crippen LogP contribution >= 0.6 is 0 Å². The minimum absolute atomic E-state index is 0.0375. The number of fused-ring (bicyclic) bond motifs is 2. The number of hydrogen-bond acceptors (Lipinski definition) is 5. The Labute approximate surface area is 180 Å². The van der Waals surface area contributed by atoms with Gasteiger partial charge in [0.25, 0.3) is 5.91 Å². The van der Waals surface area contributed by atoms with Crippen molar-refractivity contribution in [1.82, 2.24) is 25.0 Å². The lowest BCUT2D eigenvalue weighted by atomic mass is 9.87. The molecular formula is C22H28N6O3. The second-order valence-corrected chi connectivity index (χ2v) is 9.36. The SMILES string of the molecule is C[C@H]1CCCC(NC(=O)[C@@H]2C[C@H]3C[C@H]3N2C(=O)Cn2nc(C(N)=O)c3ccncc32)C1. The van der Waals surface area contributed by atoms with Crippen LogP contribution in [-0.4, -0.2) is 55.5 Å². The molecule has 0 spiro atoms. The van der Waals surface area contributed by atoms with E-state index in [0.29, 0.717) is 22.7 Å². The third-order valence-electron chi connectivity index (χ3n) is 7.05. The first kappa shape index (κ1) is 20.0. The molecule has 2 aromatic rings. The highest BCUT2D eigenvalue weighted by Crippen LogP contribution is 2.48. The molecule has 9 nitrogen and oxygen atoms in total. The largest absolute Gasteiger partial charge is 0.364 e. The Morgan fingerprint density at radius 3 is 2.84 bits per heavy atom. The van der Waals surface area contributed by atoms with Gasteiger partial charge in [-0.05, 0) is 43.6 Å². The molecule has 5 rings (SSSR count). The highest BCUT2D eigenvalue weighted by Gasteiger charge is 2.56. The number of carbonyl (C=O) groups excluding carboxylic acids is 3. The van der Waals surface area contributed by atoms with Crippen LogP contribution in [0.25, 0.3) is 10.9 Å². The fourth-order valence-corrected chi connectivity index (χ4v) is 5.44. The predicted molar refractivity (Wildman–Crippen MR) is 113 cm³/mol. The number of nitrogens with two attached hydrogens (primary N) is 1. The topological polar surface area (TPSA) is 123 Å². The molecule has 1 unspecified atom stereocenters. The third-order valence-corrected chi connectivity index (χ3v) is 7.05. The van der Waals surface area contributed by atoms with Crippen LogP contribution in [0.2, 0.25) is 0 Å². The van der Waals surface area contributed by atoms with Crippen molar-refractivity contribution < 1.29 is 14.4 Å². The van der Waals surface area contributed by atoms with E-state index in [1.807, 2.05) is 0 Å². The standard InChI is InChI=1S/C22H28N6O3/c1-12-3-2-4-14(7-12)25-22(31)17-9-13-8-16(13)28(17)19(29)11-27-18-10-24-6-5-15(18)20(26-27)21(23)30/h5-6,10,12-14,16-17H,2-4,7-9,11H2,1H3,(H2,23,30)(H,25,31)/t12-,13+,14?,16+,17-/m0/s1. The highest BCUT2D eigenvalue weighted by atomic mass is 16.2. The van der Waals surface area contributed by atoms with Crippen molar-refractivity contribution in [3.63, 3.8) is 0 Å². The van der Waals surface area contributed by atoms with Gasteiger partial charge in [0.2, 0.25) is 11.8 Å². The van der Waals surface area contributed by atoms with Crippen molar-refractivity contribution in [2.24, 2.45) is 17.6 Å². The molecule has 3 heterocycles. The Morgan fingerprint density at radius 1 is 1.23 bits per heavy atom. The van der Waals surface area contributed by atoms with Gasteiger partial charge >= 0.3 is 0 Å². The number of likely N-dealkylation sites (tertiary alicyclic amines) is 1. The number of amides is 3. The van der Waals surface area contributed by atoms with Gasteiger partial charge in [-0.2, -0.15) is 5.10 Å². The zero-order valence-electron chi connectivity index (χ0n) is 17.7. The van der Waals surface area contributed by atoms with Gasteiger partial charge in [-0.15, -0.1) is 0 Å². The van der Waals surface area contributed by atoms with Gasteiger partial charge in [-0.3, -0.25) is 24.0 Å². The fraction of sp³-hybridized carbons (Fsp3) is 0.591. The van der Waals surface area contributed by atoms with Crippen LogP contribution in [-0.2, 0) is 16.1 Å². The molecule has 5 atom stereocenters. The number of rotatable bonds is 5. The summed E-state index contributed by atoms with van der Waals surface area (Å²) in [6, 6.07) is 1.56. The molecule has 9 heteroatoms. The molecule has 3 amide bonds. The average molecular weight is 425 g/mol. The summed E-state index contributed by atoms with van der Waals surface area (Å²) in [4.78, 5) is 43.9. The van der Waals surface area contributed by atoms with E-state index in [4.69, 9.17) is 5.73 Å². The minimum atomic E-state index is -0.648. The van der Waals surface area contributed by atoms with E-state index in [1.165, 1.54) is 11.1 Å². The second kappa shape index (κ2) is 7.62. The summed E-state index contributed by atoms with van der Waals surface area (Å²) in [5.74, 6) is 0.179. The first-order valence-corrected chi connectivity index (χ1v) is 11.1. The second-order valence-electron chi connectivity index (χ2n) is 9.36. The van der Waals surface area contributed by atoms with Gasteiger partial charge < -0.3 is 16.0 Å². The third kappa shape index (κ3) is 3.66. The van der Waals surface area contributed by atoms with Gasteiger partial charge in [0.15, 0.2) is 5.69 Å². The Hall–Kier alpha value is -2.97. The maximum Gasteiger partial charge on any atom is 0.269 e. The van der Waals surface area contributed by atoms with Gasteiger partial charge in [-0.1, -0.05) is 19.8 Å². The van der Waals surface area contributed by atoms with E-state index in [-0.39, 0.29) is 36.1 Å². The zero-order chi connectivity index (χ0) is 21.7. The molecule has 3 fully saturated rings. The molecule has 2 aliphatic carbocycles. The minimum Gasteiger partial charge on any atom is -0.364 e. The van der Waals surface area contributed by atoms with Gasteiger partial charge in [0.05, 0.1) is 11.7 Å². The van der Waals surface area contributed by atoms with E-state index in [9.17, 15) is 14.4 Å². The Morgan fingerprint density at radius 2 is 2.06 bits per heavy atom. The van der Waals surface area contributed by atoms with Crippen molar-refractivity contribution in [3.05, 3.63) is 24.2 Å². The predicted octanol–water partition coefficient (Wildman–Crippen LogP) is 1.21. The van der Waals surface area contributed by atoms with Crippen LogP contribution < -0.4 is 11.1 Å². The number of nitrogens with zero attached hydrogens (tertiary/aromatic N) is 4. The number of pyridine rings is 1. The summed E-state index contributed by atoms with van der Waals surface area (Å²) < 4.78 is 1.47. The van der Waals surface area contributed by atoms with E-state index in [1.54, 1.807) is 23.4 Å². The summed E-state index contributed by atoms with van der Waals surface area (Å²) in [6.07, 6.45) is 9.15. The number of aromatic nitrogens is 3. The Balaban J connectivity index is 1.33. The van der Waals surface area contributed by atoms with Gasteiger partial charge in [-0.25, -0.2) is 0 Å². The molecule has 2 aromatic heterocycles. The molecule has 3 N–H and O–H groups in total. The van der Waals surface area contributed by atoms with Gasteiger partial charge in [0, 0.05) is 23.7 Å².